The van der Waals surface area contributed by atoms with Crippen molar-refractivity contribution in [2.75, 3.05) is 11.5 Å². The quantitative estimate of drug-likeness (QED) is 0.691. The number of amides is 1. The Bertz CT molecular complexity index is 175. The lowest BCUT2D eigenvalue weighted by atomic mass is 10.2. The molecule has 1 aliphatic rings. The summed E-state index contributed by atoms with van der Waals surface area (Å²) in [7, 11) is 0. The maximum absolute atomic E-state index is 10.9. The molecule has 0 bridgehead atoms. The Hall–Kier alpha value is -0.220. The number of rotatable bonds is 5. The van der Waals surface area contributed by atoms with E-state index < -0.39 is 0 Å². The molecule has 76 valence electrons. The second kappa shape index (κ2) is 5.50. The Labute approximate surface area is 83.8 Å². The average Bonchev–Trinajstić information content (AvgIpc) is 2.51. The first kappa shape index (κ1) is 10.9. The van der Waals surface area contributed by atoms with Crippen LogP contribution in [0.25, 0.3) is 0 Å². The Morgan fingerprint density at radius 3 is 3.08 bits per heavy atom. The minimum absolute atomic E-state index is 0.199. The third-order valence-corrected chi connectivity index (χ3v) is 3.56. The number of carbonyl (C=O) groups is 1. The fraction of sp³-hybridized carbons (Fsp3) is 0.889. The third kappa shape index (κ3) is 4.00. The molecule has 2 unspecified atom stereocenters. The number of hydrogen-bond donors (Lipinski definition) is 2. The number of carbonyl (C=O) groups excluding carboxylic acids is 1. The molecule has 1 aliphatic heterocycles. The standard InChI is InChI=1S/C9H18N2OS/c1-2-7(10)5-13-6-8-3-4-9(12)11-8/h7-8H,2-6,10H2,1H3,(H,11,12). The minimum atomic E-state index is 0.199. The van der Waals surface area contributed by atoms with E-state index in [1.54, 1.807) is 0 Å². The highest BCUT2D eigenvalue weighted by molar-refractivity contribution is 7.99. The molecule has 1 amide bonds. The number of thioether (sulfide) groups is 1. The fourth-order valence-electron chi connectivity index (χ4n) is 1.28. The van der Waals surface area contributed by atoms with Crippen LogP contribution in [0.5, 0.6) is 0 Å². The van der Waals surface area contributed by atoms with Crippen LogP contribution in [0.2, 0.25) is 0 Å². The van der Waals surface area contributed by atoms with Crippen LogP contribution in [0.4, 0.5) is 0 Å². The van der Waals surface area contributed by atoms with Crippen molar-refractivity contribution in [3.05, 3.63) is 0 Å². The van der Waals surface area contributed by atoms with Gasteiger partial charge in [0.15, 0.2) is 0 Å². The van der Waals surface area contributed by atoms with E-state index in [4.69, 9.17) is 5.73 Å². The summed E-state index contributed by atoms with van der Waals surface area (Å²) in [5.41, 5.74) is 5.78. The van der Waals surface area contributed by atoms with Crippen molar-refractivity contribution in [3.8, 4) is 0 Å². The van der Waals surface area contributed by atoms with Crippen LogP contribution in [-0.2, 0) is 4.79 Å². The second-order valence-corrected chi connectivity index (χ2v) is 4.58. The summed E-state index contributed by atoms with van der Waals surface area (Å²) in [6.45, 7) is 2.10. The summed E-state index contributed by atoms with van der Waals surface area (Å²) in [6.07, 6.45) is 2.72. The van der Waals surface area contributed by atoms with Gasteiger partial charge in [-0.05, 0) is 12.8 Å². The van der Waals surface area contributed by atoms with Gasteiger partial charge >= 0.3 is 0 Å². The minimum Gasteiger partial charge on any atom is -0.353 e. The predicted octanol–water partition coefficient (Wildman–Crippen LogP) is 0.735. The van der Waals surface area contributed by atoms with Crippen LogP contribution >= 0.6 is 11.8 Å². The van der Waals surface area contributed by atoms with Gasteiger partial charge in [-0.1, -0.05) is 6.92 Å². The molecule has 3 N–H and O–H groups in total. The predicted molar refractivity (Wildman–Crippen MR) is 56.8 cm³/mol. The first-order valence-corrected chi connectivity index (χ1v) is 6.00. The molecular weight excluding hydrogens is 184 g/mol. The smallest absolute Gasteiger partial charge is 0.220 e. The fourth-order valence-corrected chi connectivity index (χ4v) is 2.49. The van der Waals surface area contributed by atoms with Gasteiger partial charge in [-0.15, -0.1) is 0 Å². The van der Waals surface area contributed by atoms with E-state index in [1.807, 2.05) is 11.8 Å². The van der Waals surface area contributed by atoms with Gasteiger partial charge in [0, 0.05) is 30.0 Å². The molecule has 2 atom stereocenters. The molecule has 0 spiro atoms. The van der Waals surface area contributed by atoms with Gasteiger partial charge in [-0.25, -0.2) is 0 Å². The van der Waals surface area contributed by atoms with E-state index in [0.717, 1.165) is 24.3 Å². The van der Waals surface area contributed by atoms with Gasteiger partial charge in [0.25, 0.3) is 0 Å². The van der Waals surface area contributed by atoms with Gasteiger partial charge in [0.1, 0.15) is 0 Å². The normalized spacial score (nSPS) is 24.5. The lowest BCUT2D eigenvalue weighted by Crippen LogP contribution is -2.29. The van der Waals surface area contributed by atoms with Crippen LogP contribution in [0.1, 0.15) is 26.2 Å². The van der Waals surface area contributed by atoms with E-state index in [2.05, 4.69) is 12.2 Å². The molecule has 0 aromatic carbocycles. The molecule has 0 aliphatic carbocycles. The molecule has 0 aromatic heterocycles. The maximum Gasteiger partial charge on any atom is 0.220 e. The Morgan fingerprint density at radius 2 is 2.54 bits per heavy atom. The summed E-state index contributed by atoms with van der Waals surface area (Å²) in [5.74, 6) is 2.22. The molecule has 1 rings (SSSR count). The Kier molecular flexibility index (Phi) is 4.59. The lowest BCUT2D eigenvalue weighted by molar-refractivity contribution is -0.119. The van der Waals surface area contributed by atoms with Gasteiger partial charge in [0.05, 0.1) is 0 Å². The zero-order valence-corrected chi connectivity index (χ0v) is 8.90. The average molecular weight is 202 g/mol. The second-order valence-electron chi connectivity index (χ2n) is 3.51. The van der Waals surface area contributed by atoms with Crippen LogP contribution in [-0.4, -0.2) is 29.5 Å². The van der Waals surface area contributed by atoms with Crippen molar-refractivity contribution in [3.63, 3.8) is 0 Å². The van der Waals surface area contributed by atoms with Crippen molar-refractivity contribution in [2.45, 2.75) is 38.3 Å². The zero-order valence-electron chi connectivity index (χ0n) is 8.08. The van der Waals surface area contributed by atoms with Gasteiger partial charge in [0.2, 0.25) is 5.91 Å². The van der Waals surface area contributed by atoms with Crippen LogP contribution in [0.3, 0.4) is 0 Å². The number of hydrogen-bond acceptors (Lipinski definition) is 3. The van der Waals surface area contributed by atoms with Crippen LogP contribution in [0, 0.1) is 0 Å². The molecule has 0 aromatic rings. The highest BCUT2D eigenvalue weighted by Gasteiger charge is 2.20. The summed E-state index contributed by atoms with van der Waals surface area (Å²) in [4.78, 5) is 10.9. The van der Waals surface area contributed by atoms with Crippen LogP contribution in [0.15, 0.2) is 0 Å². The first-order valence-electron chi connectivity index (χ1n) is 4.85. The molecule has 0 saturated carbocycles. The molecular formula is C9H18N2OS. The Balaban J connectivity index is 2.03. The summed E-state index contributed by atoms with van der Waals surface area (Å²) >= 11 is 1.85. The largest absolute Gasteiger partial charge is 0.353 e. The summed E-state index contributed by atoms with van der Waals surface area (Å²) < 4.78 is 0. The number of nitrogens with one attached hydrogen (secondary N) is 1. The molecule has 0 radical (unpaired) electrons. The van der Waals surface area contributed by atoms with Crippen molar-refractivity contribution < 1.29 is 4.79 Å². The van der Waals surface area contributed by atoms with Gasteiger partial charge in [-0.2, -0.15) is 11.8 Å². The van der Waals surface area contributed by atoms with Crippen molar-refractivity contribution in [2.24, 2.45) is 5.73 Å². The topological polar surface area (TPSA) is 55.1 Å². The van der Waals surface area contributed by atoms with Crippen molar-refractivity contribution >= 4 is 17.7 Å². The van der Waals surface area contributed by atoms with E-state index in [0.29, 0.717) is 18.5 Å². The monoisotopic (exact) mass is 202 g/mol. The first-order chi connectivity index (χ1) is 6.22. The molecule has 1 fully saturated rings. The number of nitrogens with two attached hydrogens (primary N) is 1. The highest BCUT2D eigenvalue weighted by Crippen LogP contribution is 2.13. The van der Waals surface area contributed by atoms with Crippen molar-refractivity contribution in [1.29, 1.82) is 0 Å². The molecule has 1 saturated heterocycles. The van der Waals surface area contributed by atoms with E-state index in [9.17, 15) is 4.79 Å². The van der Waals surface area contributed by atoms with E-state index in [1.165, 1.54) is 0 Å². The van der Waals surface area contributed by atoms with Crippen LogP contribution < -0.4 is 11.1 Å². The SMILES string of the molecule is CCC(N)CSCC1CCC(=O)N1. The molecule has 3 nitrogen and oxygen atoms in total. The molecule has 1 heterocycles. The van der Waals surface area contributed by atoms with E-state index >= 15 is 0 Å². The molecule has 13 heavy (non-hydrogen) atoms. The zero-order chi connectivity index (χ0) is 9.68. The summed E-state index contributed by atoms with van der Waals surface area (Å²) in [6, 6.07) is 0.698. The molecule has 4 heteroatoms. The Morgan fingerprint density at radius 1 is 1.77 bits per heavy atom. The van der Waals surface area contributed by atoms with E-state index in [-0.39, 0.29) is 5.91 Å². The highest BCUT2D eigenvalue weighted by atomic mass is 32.2. The lowest BCUT2D eigenvalue weighted by Gasteiger charge is -2.11. The van der Waals surface area contributed by atoms with Gasteiger partial charge < -0.3 is 11.1 Å². The van der Waals surface area contributed by atoms with Crippen molar-refractivity contribution in [1.82, 2.24) is 5.32 Å². The maximum atomic E-state index is 10.9. The van der Waals surface area contributed by atoms with Gasteiger partial charge in [-0.3, -0.25) is 4.79 Å². The summed E-state index contributed by atoms with van der Waals surface area (Å²) in [5, 5.41) is 2.95. The third-order valence-electron chi connectivity index (χ3n) is 2.26.